The lowest BCUT2D eigenvalue weighted by Gasteiger charge is -1.98. The third-order valence-corrected chi connectivity index (χ3v) is 2.65. The van der Waals surface area contributed by atoms with Gasteiger partial charge in [0.15, 0.2) is 5.78 Å². The molecule has 4 N–H and O–H groups in total. The van der Waals surface area contributed by atoms with Gasteiger partial charge in [0, 0.05) is 5.56 Å². The molecule has 0 aliphatic rings. The van der Waals surface area contributed by atoms with E-state index in [9.17, 15) is 4.79 Å². The van der Waals surface area contributed by atoms with Gasteiger partial charge in [0.05, 0.1) is 11.4 Å². The fourth-order valence-corrected chi connectivity index (χ4v) is 1.56. The summed E-state index contributed by atoms with van der Waals surface area (Å²) < 4.78 is 0. The molecule has 0 atom stereocenters. The van der Waals surface area contributed by atoms with E-state index in [1.807, 2.05) is 18.2 Å². The highest BCUT2D eigenvalue weighted by Crippen LogP contribution is 2.13. The number of alkyl halides is 1. The van der Waals surface area contributed by atoms with Crippen LogP contribution < -0.4 is 5.73 Å². The number of aromatic hydroxyl groups is 1. The van der Waals surface area contributed by atoms with Crippen LogP contribution in [0.25, 0.3) is 0 Å². The third-order valence-electron chi connectivity index (χ3n) is 2.41. The minimum atomic E-state index is -0.113. The molecule has 5 heteroatoms. The van der Waals surface area contributed by atoms with Gasteiger partial charge in [-0.05, 0) is 12.1 Å². The van der Waals surface area contributed by atoms with Crippen LogP contribution in [0.15, 0.2) is 54.6 Å². The van der Waals surface area contributed by atoms with E-state index >= 15 is 0 Å². The number of rotatable bonds is 3. The Labute approximate surface area is 122 Å². The molecule has 4 nitrogen and oxygen atoms in total. The molecule has 0 aliphatic heterocycles. The molecule has 0 aliphatic carbocycles. The molecule has 0 bridgehead atoms. The first-order valence-electron chi connectivity index (χ1n) is 5.83. The van der Waals surface area contributed by atoms with Crippen molar-refractivity contribution in [3.8, 4) is 5.75 Å². The molecule has 0 fully saturated rings. The second kappa shape index (κ2) is 7.96. The van der Waals surface area contributed by atoms with Crippen molar-refractivity contribution in [2.45, 2.75) is 0 Å². The number of nitrogens with one attached hydrogen (secondary N) is 1. The van der Waals surface area contributed by atoms with E-state index < -0.39 is 0 Å². The topological polar surface area (TPSA) is 87.2 Å². The molecule has 104 valence electrons. The summed E-state index contributed by atoms with van der Waals surface area (Å²) in [5.41, 5.74) is 6.19. The monoisotopic (exact) mass is 290 g/mol. The summed E-state index contributed by atoms with van der Waals surface area (Å²) in [7, 11) is 0. The third kappa shape index (κ3) is 4.74. The molecular weight excluding hydrogens is 276 g/mol. The Morgan fingerprint density at radius 2 is 1.65 bits per heavy atom. The van der Waals surface area contributed by atoms with E-state index in [0.29, 0.717) is 11.1 Å². The van der Waals surface area contributed by atoms with Gasteiger partial charge < -0.3 is 10.8 Å². The molecule has 0 unspecified atom stereocenters. The standard InChI is InChI=1S/C8H7ClO.C7H8N2O/c9-6-8(10)7-4-2-1-3-5-7;8-7(9)5-3-1-2-4-6(5)10/h1-5H,6H2;1-4,10H,(H3,8,9). The van der Waals surface area contributed by atoms with Gasteiger partial charge in [-0.1, -0.05) is 42.5 Å². The first-order valence-corrected chi connectivity index (χ1v) is 6.36. The van der Waals surface area contributed by atoms with Crippen LogP contribution in [-0.2, 0) is 0 Å². The first-order chi connectivity index (χ1) is 9.56. The summed E-state index contributed by atoms with van der Waals surface area (Å²) in [6.07, 6.45) is 0. The van der Waals surface area contributed by atoms with Gasteiger partial charge in [-0.15, -0.1) is 11.6 Å². The highest BCUT2D eigenvalue weighted by molar-refractivity contribution is 6.30. The average molecular weight is 291 g/mol. The Hall–Kier alpha value is -2.33. The molecule has 20 heavy (non-hydrogen) atoms. The van der Waals surface area contributed by atoms with Crippen molar-refractivity contribution in [3.63, 3.8) is 0 Å². The zero-order chi connectivity index (χ0) is 15.0. The number of para-hydroxylation sites is 1. The predicted octanol–water partition coefficient (Wildman–Crippen LogP) is 2.78. The number of hydrogen-bond donors (Lipinski definition) is 3. The van der Waals surface area contributed by atoms with Crippen LogP contribution in [-0.4, -0.2) is 22.6 Å². The van der Waals surface area contributed by atoms with Crippen molar-refractivity contribution < 1.29 is 9.90 Å². The maximum Gasteiger partial charge on any atom is 0.177 e. The van der Waals surface area contributed by atoms with E-state index in [1.54, 1.807) is 30.3 Å². The highest BCUT2D eigenvalue weighted by atomic mass is 35.5. The van der Waals surface area contributed by atoms with Crippen molar-refractivity contribution in [2.75, 3.05) is 5.88 Å². The number of nitrogen functional groups attached to an aromatic ring is 1. The number of amidine groups is 1. The fraction of sp³-hybridized carbons (Fsp3) is 0.0667. The minimum Gasteiger partial charge on any atom is -0.507 e. The number of benzene rings is 2. The van der Waals surface area contributed by atoms with Crippen LogP contribution in [0.3, 0.4) is 0 Å². The number of nitrogens with two attached hydrogens (primary N) is 1. The average Bonchev–Trinajstić information content (AvgIpc) is 2.48. The van der Waals surface area contributed by atoms with Crippen LogP contribution in [0.1, 0.15) is 15.9 Å². The van der Waals surface area contributed by atoms with Gasteiger partial charge in [0.25, 0.3) is 0 Å². The Bertz CT molecular complexity index is 585. The molecule has 0 amide bonds. The molecule has 0 aromatic heterocycles. The van der Waals surface area contributed by atoms with Crippen molar-refractivity contribution in [2.24, 2.45) is 5.73 Å². The SMILES string of the molecule is N=C(N)c1ccccc1O.O=C(CCl)c1ccccc1. The molecule has 0 radical (unpaired) electrons. The zero-order valence-electron chi connectivity index (χ0n) is 10.7. The summed E-state index contributed by atoms with van der Waals surface area (Å²) in [6.45, 7) is 0. The van der Waals surface area contributed by atoms with Gasteiger partial charge in [0.2, 0.25) is 0 Å². The van der Waals surface area contributed by atoms with Gasteiger partial charge >= 0.3 is 0 Å². The van der Waals surface area contributed by atoms with E-state index in [4.69, 9.17) is 27.9 Å². The summed E-state index contributed by atoms with van der Waals surface area (Å²) in [5, 5.41) is 16.1. The van der Waals surface area contributed by atoms with Crippen molar-refractivity contribution >= 4 is 23.2 Å². The summed E-state index contributed by atoms with van der Waals surface area (Å²) in [4.78, 5) is 10.9. The number of halogens is 1. The molecule has 2 rings (SSSR count). The molecule has 0 saturated heterocycles. The lowest BCUT2D eigenvalue weighted by atomic mass is 10.2. The Kier molecular flexibility index (Phi) is 6.26. The zero-order valence-corrected chi connectivity index (χ0v) is 11.5. The number of phenolic OH excluding ortho intramolecular Hbond substituents is 1. The van der Waals surface area contributed by atoms with E-state index in [2.05, 4.69) is 0 Å². The number of carbonyl (C=O) groups excluding carboxylic acids is 1. The molecule has 0 saturated carbocycles. The molecular formula is C15H15ClN2O2. The first kappa shape index (κ1) is 15.7. The quantitative estimate of drug-likeness (QED) is 0.351. The minimum absolute atomic E-state index is 0.0257. The van der Waals surface area contributed by atoms with Crippen molar-refractivity contribution in [3.05, 3.63) is 65.7 Å². The summed E-state index contributed by atoms with van der Waals surface area (Å²) >= 11 is 5.34. The second-order valence-corrected chi connectivity index (χ2v) is 4.12. The normalized spacial score (nSPS) is 9.25. The predicted molar refractivity (Wildman–Crippen MR) is 80.6 cm³/mol. The second-order valence-electron chi connectivity index (χ2n) is 3.85. The number of phenols is 1. The van der Waals surface area contributed by atoms with E-state index in [1.165, 1.54) is 6.07 Å². The number of carbonyl (C=O) groups is 1. The smallest absolute Gasteiger partial charge is 0.177 e. The molecule has 2 aromatic carbocycles. The van der Waals surface area contributed by atoms with E-state index in [0.717, 1.165) is 0 Å². The van der Waals surface area contributed by atoms with Crippen LogP contribution in [0.5, 0.6) is 5.75 Å². The van der Waals surface area contributed by atoms with Crippen LogP contribution in [0.2, 0.25) is 0 Å². The molecule has 0 spiro atoms. The Morgan fingerprint density at radius 3 is 2.10 bits per heavy atom. The molecule has 2 aromatic rings. The molecule has 0 heterocycles. The van der Waals surface area contributed by atoms with Crippen LogP contribution >= 0.6 is 11.6 Å². The van der Waals surface area contributed by atoms with Crippen molar-refractivity contribution in [1.29, 1.82) is 5.41 Å². The van der Waals surface area contributed by atoms with Gasteiger partial charge in [0.1, 0.15) is 11.6 Å². The van der Waals surface area contributed by atoms with Gasteiger partial charge in [-0.25, -0.2) is 0 Å². The van der Waals surface area contributed by atoms with Gasteiger partial charge in [-0.3, -0.25) is 10.2 Å². The van der Waals surface area contributed by atoms with E-state index in [-0.39, 0.29) is 23.2 Å². The summed E-state index contributed by atoms with van der Waals surface area (Å²) in [5.74, 6) is -0.0281. The number of ketones is 1. The largest absolute Gasteiger partial charge is 0.507 e. The lowest BCUT2D eigenvalue weighted by molar-refractivity contribution is 0.102. The lowest BCUT2D eigenvalue weighted by Crippen LogP contribution is -2.10. The number of hydrogen-bond acceptors (Lipinski definition) is 3. The Morgan fingerprint density at radius 1 is 1.10 bits per heavy atom. The van der Waals surface area contributed by atoms with Gasteiger partial charge in [-0.2, -0.15) is 0 Å². The maximum atomic E-state index is 10.9. The maximum absolute atomic E-state index is 10.9. The Balaban J connectivity index is 0.000000200. The fourth-order valence-electron chi connectivity index (χ4n) is 1.40. The number of Topliss-reactive ketones (excluding diaryl/α,β-unsaturated/α-hetero) is 1. The summed E-state index contributed by atoms with van der Waals surface area (Å²) in [6, 6.07) is 15.5. The highest BCUT2D eigenvalue weighted by Gasteiger charge is 2.00. The van der Waals surface area contributed by atoms with Crippen LogP contribution in [0, 0.1) is 5.41 Å². The van der Waals surface area contributed by atoms with Crippen LogP contribution in [0.4, 0.5) is 0 Å². The van der Waals surface area contributed by atoms with Crippen molar-refractivity contribution in [1.82, 2.24) is 0 Å².